The zero-order valence-corrected chi connectivity index (χ0v) is 19.9. The van der Waals surface area contributed by atoms with Gasteiger partial charge in [-0.2, -0.15) is 0 Å². The number of amides is 4. The fourth-order valence-electron chi connectivity index (χ4n) is 6.04. The third-order valence-electron chi connectivity index (χ3n) is 7.68. The minimum absolute atomic E-state index is 0.0240. The highest BCUT2D eigenvalue weighted by molar-refractivity contribution is 6.19. The highest BCUT2D eigenvalue weighted by Crippen LogP contribution is 2.39. The second-order valence-electron chi connectivity index (χ2n) is 10.1. The van der Waals surface area contributed by atoms with E-state index >= 15 is 0 Å². The average Bonchev–Trinajstić information content (AvgIpc) is 2.82. The van der Waals surface area contributed by atoms with Crippen LogP contribution in [-0.2, 0) is 22.6 Å². The van der Waals surface area contributed by atoms with E-state index in [0.717, 1.165) is 33.0 Å². The summed E-state index contributed by atoms with van der Waals surface area (Å²) in [6.45, 7) is 4.25. The first-order valence-corrected chi connectivity index (χ1v) is 11.8. The zero-order chi connectivity index (χ0) is 24.2. The van der Waals surface area contributed by atoms with Crippen LogP contribution in [0.3, 0.4) is 0 Å². The molecule has 0 N–H and O–H groups in total. The van der Waals surface area contributed by atoms with Crippen molar-refractivity contribution in [2.75, 3.05) is 33.7 Å². The van der Waals surface area contributed by atoms with Gasteiger partial charge in [-0.25, -0.2) is 4.79 Å². The molecule has 0 spiro atoms. The summed E-state index contributed by atoms with van der Waals surface area (Å²) in [7, 11) is 2.90. The maximum Gasteiger partial charge on any atom is 0.332 e. The maximum atomic E-state index is 13.6. The van der Waals surface area contributed by atoms with Crippen molar-refractivity contribution in [1.29, 1.82) is 0 Å². The van der Waals surface area contributed by atoms with Crippen LogP contribution >= 0.6 is 0 Å². The van der Waals surface area contributed by atoms with E-state index in [0.29, 0.717) is 19.6 Å². The quantitative estimate of drug-likeness (QED) is 0.648. The van der Waals surface area contributed by atoms with Crippen molar-refractivity contribution in [2.24, 2.45) is 11.3 Å². The summed E-state index contributed by atoms with van der Waals surface area (Å²) in [6.07, 6.45) is 1.22. The highest BCUT2D eigenvalue weighted by atomic mass is 16.2. The molecule has 4 heterocycles. The van der Waals surface area contributed by atoms with Crippen molar-refractivity contribution < 1.29 is 14.4 Å². The Morgan fingerprint density at radius 2 is 1.56 bits per heavy atom. The van der Waals surface area contributed by atoms with Gasteiger partial charge in [-0.1, -0.05) is 35.9 Å². The van der Waals surface area contributed by atoms with Crippen molar-refractivity contribution in [3.05, 3.63) is 69.6 Å². The molecule has 8 heteroatoms. The summed E-state index contributed by atoms with van der Waals surface area (Å²) < 4.78 is 1.87. The van der Waals surface area contributed by atoms with Gasteiger partial charge in [0.2, 0.25) is 11.8 Å². The van der Waals surface area contributed by atoms with Gasteiger partial charge in [-0.15, -0.1) is 0 Å². The van der Waals surface area contributed by atoms with Gasteiger partial charge >= 0.3 is 6.03 Å². The number of imide groups is 2. The summed E-state index contributed by atoms with van der Waals surface area (Å²) in [5.74, 6) is -0.459. The molecule has 2 saturated heterocycles. The van der Waals surface area contributed by atoms with Gasteiger partial charge in [0.05, 0.1) is 0 Å². The van der Waals surface area contributed by atoms with Crippen molar-refractivity contribution in [2.45, 2.75) is 32.2 Å². The molecule has 0 saturated carbocycles. The number of carbonyl (C=O) groups is 3. The molecule has 4 amide bonds. The summed E-state index contributed by atoms with van der Waals surface area (Å²) >= 11 is 0. The van der Waals surface area contributed by atoms with Gasteiger partial charge in [-0.3, -0.25) is 24.2 Å². The molecule has 3 aliphatic heterocycles. The molecule has 2 fully saturated rings. The first-order valence-electron chi connectivity index (χ1n) is 11.8. The van der Waals surface area contributed by atoms with Crippen molar-refractivity contribution >= 4 is 17.8 Å². The van der Waals surface area contributed by atoms with Gasteiger partial charge in [0.25, 0.3) is 5.56 Å². The molecule has 178 valence electrons. The minimum atomic E-state index is -1.38. The minimum Gasteiger partial charge on any atom is -0.312 e. The number of rotatable bonds is 4. The van der Waals surface area contributed by atoms with Gasteiger partial charge < -0.3 is 9.47 Å². The van der Waals surface area contributed by atoms with Gasteiger partial charge in [0, 0.05) is 58.0 Å². The molecule has 5 rings (SSSR count). The topological polar surface area (TPSA) is 82.9 Å². The van der Waals surface area contributed by atoms with Gasteiger partial charge in [-0.05, 0) is 37.3 Å². The predicted octanol–water partition coefficient (Wildman–Crippen LogP) is 1.86. The zero-order valence-electron chi connectivity index (χ0n) is 19.9. The Bertz CT molecular complexity index is 1190. The predicted molar refractivity (Wildman–Crippen MR) is 126 cm³/mol. The second-order valence-corrected chi connectivity index (χ2v) is 10.1. The van der Waals surface area contributed by atoms with Gasteiger partial charge in [0.1, 0.15) is 5.41 Å². The van der Waals surface area contributed by atoms with Crippen LogP contribution in [0.4, 0.5) is 4.79 Å². The van der Waals surface area contributed by atoms with Crippen LogP contribution in [-0.4, -0.2) is 70.8 Å². The summed E-state index contributed by atoms with van der Waals surface area (Å²) in [5.41, 5.74) is 1.65. The lowest BCUT2D eigenvalue weighted by molar-refractivity contribution is -0.159. The highest BCUT2D eigenvalue weighted by Gasteiger charge is 2.56. The molecule has 8 nitrogen and oxygen atoms in total. The largest absolute Gasteiger partial charge is 0.332 e. The summed E-state index contributed by atoms with van der Waals surface area (Å²) in [4.78, 5) is 56.5. The summed E-state index contributed by atoms with van der Waals surface area (Å²) in [6, 6.07) is 12.6. The lowest BCUT2D eigenvalue weighted by Crippen LogP contribution is -2.67. The number of aryl methyl sites for hydroxylation is 1. The van der Waals surface area contributed by atoms with Crippen molar-refractivity contribution in [3.63, 3.8) is 0 Å². The van der Waals surface area contributed by atoms with Crippen LogP contribution < -0.4 is 5.56 Å². The number of pyridine rings is 1. The van der Waals surface area contributed by atoms with Crippen molar-refractivity contribution in [3.8, 4) is 0 Å². The SMILES string of the molecule is Cc1ccc(CC2(CN3CC4C[C@@H](C3)c3cccc(=O)n3C4)C(=O)N(C)C(=O)N(C)C2=O)cc1. The normalized spacial score (nSPS) is 24.4. The molecule has 2 aromatic rings. The van der Waals surface area contributed by atoms with E-state index in [1.807, 2.05) is 41.8 Å². The molecule has 2 atom stereocenters. The van der Waals surface area contributed by atoms with E-state index in [1.165, 1.54) is 14.1 Å². The Morgan fingerprint density at radius 3 is 2.24 bits per heavy atom. The average molecular weight is 463 g/mol. The van der Waals surface area contributed by atoms with E-state index in [2.05, 4.69) is 4.90 Å². The second kappa shape index (κ2) is 8.20. The Morgan fingerprint density at radius 1 is 0.882 bits per heavy atom. The molecule has 1 unspecified atom stereocenters. The number of likely N-dealkylation sites (tertiary alicyclic amines) is 1. The van der Waals surface area contributed by atoms with E-state index in [1.54, 1.807) is 12.1 Å². The molecular formula is C26H30N4O4. The van der Waals surface area contributed by atoms with E-state index in [-0.39, 0.29) is 30.4 Å². The van der Waals surface area contributed by atoms with E-state index < -0.39 is 23.3 Å². The Hall–Kier alpha value is -3.26. The number of hydrogen-bond donors (Lipinski definition) is 0. The van der Waals surface area contributed by atoms with Crippen LogP contribution in [0.5, 0.6) is 0 Å². The standard InChI is InChI=1S/C26H30N4O4/c1-17-7-9-18(10-8-17)12-26(23(32)27(2)25(34)28(3)24(26)33)16-29-13-19-11-20(15-29)21-5-4-6-22(31)30(21)14-19/h4-10,19-20H,11-16H2,1-3H3/t19?,20-/m0/s1. The number of benzene rings is 1. The summed E-state index contributed by atoms with van der Waals surface area (Å²) in [5, 5.41) is 0. The number of urea groups is 1. The van der Waals surface area contributed by atoms with E-state index in [9.17, 15) is 19.2 Å². The van der Waals surface area contributed by atoms with Gasteiger partial charge in [0.15, 0.2) is 0 Å². The third-order valence-corrected chi connectivity index (χ3v) is 7.68. The Balaban J connectivity index is 1.50. The lowest BCUT2D eigenvalue weighted by atomic mass is 9.75. The van der Waals surface area contributed by atoms with Crippen LogP contribution in [0.2, 0.25) is 0 Å². The number of barbiturate groups is 1. The lowest BCUT2D eigenvalue weighted by Gasteiger charge is -2.48. The van der Waals surface area contributed by atoms with Crippen LogP contribution in [0.25, 0.3) is 0 Å². The molecular weight excluding hydrogens is 432 g/mol. The number of aromatic nitrogens is 1. The molecule has 0 aliphatic carbocycles. The molecule has 1 aromatic carbocycles. The number of fused-ring (bicyclic) bond motifs is 4. The fraction of sp³-hybridized carbons (Fsp3) is 0.462. The fourth-order valence-corrected chi connectivity index (χ4v) is 6.04. The molecule has 3 aliphatic rings. The Kier molecular flexibility index (Phi) is 5.43. The molecule has 2 bridgehead atoms. The maximum absolute atomic E-state index is 13.6. The van der Waals surface area contributed by atoms with Crippen LogP contribution in [0.15, 0.2) is 47.3 Å². The smallest absolute Gasteiger partial charge is 0.312 e. The molecule has 1 aromatic heterocycles. The first-order chi connectivity index (χ1) is 16.2. The van der Waals surface area contributed by atoms with Crippen LogP contribution in [0, 0.1) is 18.3 Å². The Labute approximate surface area is 198 Å². The monoisotopic (exact) mass is 462 g/mol. The number of carbonyl (C=O) groups excluding carboxylic acids is 3. The van der Waals surface area contributed by atoms with Crippen molar-refractivity contribution in [1.82, 2.24) is 19.3 Å². The number of piperidine rings is 1. The molecule has 34 heavy (non-hydrogen) atoms. The molecule has 0 radical (unpaired) electrons. The third kappa shape index (κ3) is 3.57. The first kappa shape index (κ1) is 22.5. The number of hydrogen-bond acceptors (Lipinski definition) is 5. The van der Waals surface area contributed by atoms with Crippen LogP contribution in [0.1, 0.15) is 29.2 Å². The number of nitrogens with zero attached hydrogens (tertiary/aromatic N) is 4. The van der Waals surface area contributed by atoms with E-state index in [4.69, 9.17) is 0 Å².